The van der Waals surface area contributed by atoms with Crippen molar-refractivity contribution in [1.29, 1.82) is 0 Å². The standard InChI is InChI=1S/C10H12ClFN2/c11-8-5-7(9(12)14-6-8)1-2-10(13)3-4-10/h5-6H,1-4,13H2. The van der Waals surface area contributed by atoms with Crippen LogP contribution in [0.2, 0.25) is 5.02 Å². The van der Waals surface area contributed by atoms with E-state index in [0.29, 0.717) is 17.0 Å². The summed E-state index contributed by atoms with van der Waals surface area (Å²) in [6.07, 6.45) is 4.84. The predicted molar refractivity (Wildman–Crippen MR) is 53.7 cm³/mol. The summed E-state index contributed by atoms with van der Waals surface area (Å²) < 4.78 is 13.2. The van der Waals surface area contributed by atoms with Crippen molar-refractivity contribution in [3.63, 3.8) is 0 Å². The van der Waals surface area contributed by atoms with Gasteiger partial charge in [-0.2, -0.15) is 4.39 Å². The van der Waals surface area contributed by atoms with Crippen molar-refractivity contribution >= 4 is 11.6 Å². The molecule has 1 heterocycles. The highest BCUT2D eigenvalue weighted by molar-refractivity contribution is 6.30. The number of halogens is 2. The number of nitrogens with zero attached hydrogens (tertiary/aromatic N) is 1. The Labute approximate surface area is 87.3 Å². The van der Waals surface area contributed by atoms with Gasteiger partial charge in [-0.05, 0) is 31.7 Å². The minimum atomic E-state index is -0.432. The Kier molecular flexibility index (Phi) is 2.45. The van der Waals surface area contributed by atoms with Crippen molar-refractivity contribution in [1.82, 2.24) is 4.98 Å². The van der Waals surface area contributed by atoms with E-state index >= 15 is 0 Å². The van der Waals surface area contributed by atoms with E-state index in [1.54, 1.807) is 6.07 Å². The van der Waals surface area contributed by atoms with Crippen molar-refractivity contribution in [2.45, 2.75) is 31.2 Å². The van der Waals surface area contributed by atoms with Gasteiger partial charge in [-0.25, -0.2) is 4.98 Å². The van der Waals surface area contributed by atoms with Crippen LogP contribution >= 0.6 is 11.6 Å². The highest BCUT2D eigenvalue weighted by Gasteiger charge is 2.37. The lowest BCUT2D eigenvalue weighted by atomic mass is 10.1. The fraction of sp³-hybridized carbons (Fsp3) is 0.500. The fourth-order valence-corrected chi connectivity index (χ4v) is 1.61. The summed E-state index contributed by atoms with van der Waals surface area (Å²) in [6.45, 7) is 0. The van der Waals surface area contributed by atoms with Gasteiger partial charge in [0.1, 0.15) is 0 Å². The highest BCUT2D eigenvalue weighted by Crippen LogP contribution is 2.36. The SMILES string of the molecule is NC1(CCc2cc(Cl)cnc2F)CC1. The number of hydrogen-bond acceptors (Lipinski definition) is 2. The molecular weight excluding hydrogens is 203 g/mol. The lowest BCUT2D eigenvalue weighted by Crippen LogP contribution is -2.22. The Morgan fingerprint density at radius 1 is 1.57 bits per heavy atom. The highest BCUT2D eigenvalue weighted by atomic mass is 35.5. The molecule has 1 aromatic rings. The van der Waals surface area contributed by atoms with E-state index in [1.807, 2.05) is 0 Å². The lowest BCUT2D eigenvalue weighted by molar-refractivity contribution is 0.544. The summed E-state index contributed by atoms with van der Waals surface area (Å²) in [6, 6.07) is 1.62. The van der Waals surface area contributed by atoms with Crippen LogP contribution in [0.25, 0.3) is 0 Å². The van der Waals surface area contributed by atoms with Crippen molar-refractivity contribution < 1.29 is 4.39 Å². The van der Waals surface area contributed by atoms with E-state index in [0.717, 1.165) is 19.3 Å². The van der Waals surface area contributed by atoms with Gasteiger partial charge in [0.05, 0.1) is 5.02 Å². The molecule has 0 spiro atoms. The molecule has 1 aliphatic rings. The molecule has 0 unspecified atom stereocenters. The first kappa shape index (κ1) is 9.87. The Balaban J connectivity index is 2.04. The monoisotopic (exact) mass is 214 g/mol. The maximum atomic E-state index is 13.2. The van der Waals surface area contributed by atoms with Crippen molar-refractivity contribution in [2.24, 2.45) is 5.73 Å². The van der Waals surface area contributed by atoms with Gasteiger partial charge in [-0.1, -0.05) is 11.6 Å². The van der Waals surface area contributed by atoms with Gasteiger partial charge < -0.3 is 5.73 Å². The van der Waals surface area contributed by atoms with Gasteiger partial charge >= 0.3 is 0 Å². The molecule has 2 rings (SSSR count). The largest absolute Gasteiger partial charge is 0.325 e. The van der Waals surface area contributed by atoms with Crippen LogP contribution in [-0.4, -0.2) is 10.5 Å². The van der Waals surface area contributed by atoms with Gasteiger partial charge in [0.25, 0.3) is 0 Å². The first-order chi connectivity index (χ1) is 6.59. The normalized spacial score (nSPS) is 18.2. The van der Waals surface area contributed by atoms with Gasteiger partial charge in [-0.3, -0.25) is 0 Å². The van der Waals surface area contributed by atoms with Crippen molar-refractivity contribution in [2.75, 3.05) is 0 Å². The predicted octanol–water partition coefficient (Wildman–Crippen LogP) is 2.30. The zero-order chi connectivity index (χ0) is 10.2. The Hall–Kier alpha value is -0.670. The van der Waals surface area contributed by atoms with Crippen LogP contribution < -0.4 is 5.73 Å². The first-order valence-electron chi connectivity index (χ1n) is 4.68. The quantitative estimate of drug-likeness (QED) is 0.785. The van der Waals surface area contributed by atoms with E-state index in [9.17, 15) is 4.39 Å². The molecule has 1 aromatic heterocycles. The average molecular weight is 215 g/mol. The molecule has 14 heavy (non-hydrogen) atoms. The smallest absolute Gasteiger partial charge is 0.216 e. The second kappa shape index (κ2) is 3.48. The molecule has 2 N–H and O–H groups in total. The first-order valence-corrected chi connectivity index (χ1v) is 5.06. The van der Waals surface area contributed by atoms with E-state index in [2.05, 4.69) is 4.98 Å². The maximum absolute atomic E-state index is 13.2. The number of rotatable bonds is 3. The molecule has 1 saturated carbocycles. The summed E-state index contributed by atoms with van der Waals surface area (Å²) >= 11 is 5.72. The summed E-state index contributed by atoms with van der Waals surface area (Å²) in [5.41, 5.74) is 6.42. The van der Waals surface area contributed by atoms with E-state index < -0.39 is 5.95 Å². The van der Waals surface area contributed by atoms with Crippen molar-refractivity contribution in [3.05, 3.63) is 28.8 Å². The molecule has 0 atom stereocenters. The zero-order valence-electron chi connectivity index (χ0n) is 7.76. The Morgan fingerprint density at radius 2 is 2.29 bits per heavy atom. The molecule has 0 aromatic carbocycles. The van der Waals surface area contributed by atoms with Crippen LogP contribution in [0.15, 0.2) is 12.3 Å². The molecule has 0 radical (unpaired) electrons. The number of hydrogen-bond donors (Lipinski definition) is 1. The third kappa shape index (κ3) is 2.22. The van der Waals surface area contributed by atoms with Crippen LogP contribution in [0.3, 0.4) is 0 Å². The van der Waals surface area contributed by atoms with Gasteiger partial charge in [0.15, 0.2) is 0 Å². The molecule has 0 amide bonds. The molecule has 0 saturated heterocycles. The number of aromatic nitrogens is 1. The van der Waals surface area contributed by atoms with Crippen LogP contribution in [0.1, 0.15) is 24.8 Å². The lowest BCUT2D eigenvalue weighted by Gasteiger charge is -2.08. The molecular formula is C10H12ClFN2. The third-order valence-corrected chi connectivity index (χ3v) is 2.87. The second-order valence-electron chi connectivity index (χ2n) is 3.97. The Morgan fingerprint density at radius 3 is 2.93 bits per heavy atom. The Bertz CT molecular complexity index is 350. The van der Waals surface area contributed by atoms with E-state index in [-0.39, 0.29) is 5.54 Å². The summed E-state index contributed by atoms with van der Waals surface area (Å²) in [4.78, 5) is 3.56. The second-order valence-corrected chi connectivity index (χ2v) is 4.40. The van der Waals surface area contributed by atoms with Crippen molar-refractivity contribution in [3.8, 4) is 0 Å². The maximum Gasteiger partial charge on any atom is 0.216 e. The summed E-state index contributed by atoms with van der Waals surface area (Å²) in [5, 5.41) is 0.475. The number of nitrogens with two attached hydrogens (primary N) is 1. The molecule has 1 aliphatic carbocycles. The number of aryl methyl sites for hydroxylation is 1. The topological polar surface area (TPSA) is 38.9 Å². The third-order valence-electron chi connectivity index (χ3n) is 2.66. The van der Waals surface area contributed by atoms with Crippen LogP contribution in [0, 0.1) is 5.95 Å². The van der Waals surface area contributed by atoms with Gasteiger partial charge in [0.2, 0.25) is 5.95 Å². The summed E-state index contributed by atoms with van der Waals surface area (Å²) in [7, 11) is 0. The zero-order valence-corrected chi connectivity index (χ0v) is 8.52. The number of pyridine rings is 1. The van der Waals surface area contributed by atoms with Gasteiger partial charge in [-0.15, -0.1) is 0 Å². The van der Waals surface area contributed by atoms with E-state index in [4.69, 9.17) is 17.3 Å². The van der Waals surface area contributed by atoms with Crippen LogP contribution in [0.5, 0.6) is 0 Å². The van der Waals surface area contributed by atoms with Crippen LogP contribution in [-0.2, 0) is 6.42 Å². The molecule has 4 heteroatoms. The molecule has 0 aliphatic heterocycles. The van der Waals surface area contributed by atoms with Gasteiger partial charge in [0, 0.05) is 17.3 Å². The summed E-state index contributed by atoms with van der Waals surface area (Å²) in [5.74, 6) is -0.432. The minimum Gasteiger partial charge on any atom is -0.325 e. The molecule has 0 bridgehead atoms. The van der Waals surface area contributed by atoms with Crippen LogP contribution in [0.4, 0.5) is 4.39 Å². The average Bonchev–Trinajstić information content (AvgIpc) is 2.87. The molecule has 2 nitrogen and oxygen atoms in total. The molecule has 1 fully saturated rings. The van der Waals surface area contributed by atoms with E-state index in [1.165, 1.54) is 6.20 Å². The fourth-order valence-electron chi connectivity index (χ4n) is 1.43. The molecule has 76 valence electrons. The minimum absolute atomic E-state index is 0.0469.